The number of halogens is 1. The van der Waals surface area contributed by atoms with Gasteiger partial charge in [-0.15, -0.1) is 0 Å². The number of H-pyrrole nitrogens is 1. The van der Waals surface area contributed by atoms with Gasteiger partial charge in [0.1, 0.15) is 5.75 Å². The Hall–Kier alpha value is -1.94. The fourth-order valence-corrected chi connectivity index (χ4v) is 3.64. The first kappa shape index (κ1) is 13.7. The second-order valence-electron chi connectivity index (χ2n) is 5.88. The molecule has 4 rings (SSSR count). The molecule has 1 fully saturated rings. The van der Waals surface area contributed by atoms with Gasteiger partial charge in [-0.25, -0.2) is 0 Å². The van der Waals surface area contributed by atoms with E-state index < -0.39 is 6.10 Å². The van der Waals surface area contributed by atoms with Crippen molar-refractivity contribution in [2.24, 2.45) is 0 Å². The number of hydrogen-bond acceptors (Lipinski definition) is 2. The molecule has 1 N–H and O–H groups in total. The summed E-state index contributed by atoms with van der Waals surface area (Å²) >= 11 is 6.01. The number of rotatable bonds is 2. The Kier molecular flexibility index (Phi) is 3.34. The Labute approximate surface area is 134 Å². The topological polar surface area (TPSA) is 45.3 Å². The Morgan fingerprint density at radius 1 is 1.36 bits per heavy atom. The van der Waals surface area contributed by atoms with Crippen molar-refractivity contribution in [3.05, 3.63) is 52.8 Å². The molecule has 1 aromatic heterocycles. The fourth-order valence-electron chi connectivity index (χ4n) is 3.45. The molecule has 0 radical (unpaired) electrons. The summed E-state index contributed by atoms with van der Waals surface area (Å²) in [7, 11) is 0. The number of likely N-dealkylation sites (tertiary alicyclic amines) is 1. The van der Waals surface area contributed by atoms with Gasteiger partial charge >= 0.3 is 0 Å². The molecular formula is C17H17ClN2O2. The largest absolute Gasteiger partial charge is 0.480 e. The Bertz CT molecular complexity index is 699. The predicted molar refractivity (Wildman–Crippen MR) is 84.1 cm³/mol. The highest BCUT2D eigenvalue weighted by molar-refractivity contribution is 6.30. The van der Waals surface area contributed by atoms with E-state index in [0.717, 1.165) is 36.4 Å². The number of benzene rings is 1. The van der Waals surface area contributed by atoms with Gasteiger partial charge in [0.2, 0.25) is 0 Å². The third-order valence-corrected chi connectivity index (χ3v) is 4.72. The van der Waals surface area contributed by atoms with Crippen LogP contribution in [0.3, 0.4) is 0 Å². The minimum atomic E-state index is -0.427. The van der Waals surface area contributed by atoms with E-state index in [4.69, 9.17) is 16.3 Å². The summed E-state index contributed by atoms with van der Waals surface area (Å²) < 4.78 is 5.84. The molecule has 2 atom stereocenters. The molecule has 3 heterocycles. The van der Waals surface area contributed by atoms with E-state index in [1.54, 1.807) is 6.07 Å². The summed E-state index contributed by atoms with van der Waals surface area (Å²) in [6, 6.07) is 9.68. The molecule has 0 bridgehead atoms. The maximum Gasteiger partial charge on any atom is 0.264 e. The molecule has 5 heteroatoms. The van der Waals surface area contributed by atoms with Crippen LogP contribution >= 0.6 is 11.6 Å². The van der Waals surface area contributed by atoms with E-state index in [-0.39, 0.29) is 11.9 Å². The van der Waals surface area contributed by atoms with E-state index in [0.29, 0.717) is 11.4 Å². The van der Waals surface area contributed by atoms with Crippen molar-refractivity contribution in [1.82, 2.24) is 9.88 Å². The van der Waals surface area contributed by atoms with Crippen molar-refractivity contribution in [3.8, 4) is 5.75 Å². The zero-order valence-electron chi connectivity index (χ0n) is 12.1. The van der Waals surface area contributed by atoms with Gasteiger partial charge < -0.3 is 14.6 Å². The standard InChI is InChI=1S/C17H17ClN2O2/c18-12-5-6-15-11(9-12)10-16(22-15)17(21)20-8-2-4-14(20)13-3-1-7-19-13/h1,3,5-7,9,14,16,19H,2,4,8,10H2. The molecule has 1 aromatic carbocycles. The normalized spacial score (nSPS) is 23.4. The molecule has 0 spiro atoms. The number of aromatic nitrogens is 1. The Morgan fingerprint density at radius 2 is 2.27 bits per heavy atom. The fraction of sp³-hybridized carbons (Fsp3) is 0.353. The van der Waals surface area contributed by atoms with E-state index in [9.17, 15) is 4.79 Å². The number of carbonyl (C=O) groups is 1. The summed E-state index contributed by atoms with van der Waals surface area (Å²) in [4.78, 5) is 18.0. The quantitative estimate of drug-likeness (QED) is 0.923. The lowest BCUT2D eigenvalue weighted by Crippen LogP contribution is -2.41. The average molecular weight is 317 g/mol. The van der Waals surface area contributed by atoms with Crippen molar-refractivity contribution in [1.29, 1.82) is 0 Å². The highest BCUT2D eigenvalue weighted by atomic mass is 35.5. The average Bonchev–Trinajstić information content (AvgIpc) is 3.24. The highest BCUT2D eigenvalue weighted by Gasteiger charge is 2.38. The number of hydrogen-bond donors (Lipinski definition) is 1. The first-order valence-electron chi connectivity index (χ1n) is 7.61. The number of aromatic amines is 1. The molecule has 1 amide bonds. The van der Waals surface area contributed by atoms with E-state index in [1.165, 1.54) is 0 Å². The summed E-state index contributed by atoms with van der Waals surface area (Å²) in [6.07, 6.45) is 4.10. The van der Waals surface area contributed by atoms with Crippen LogP contribution in [0.2, 0.25) is 5.02 Å². The zero-order chi connectivity index (χ0) is 15.1. The summed E-state index contributed by atoms with van der Waals surface area (Å²) in [5, 5.41) is 0.681. The van der Waals surface area contributed by atoms with Crippen molar-refractivity contribution in [2.45, 2.75) is 31.4 Å². The smallest absolute Gasteiger partial charge is 0.264 e. The molecule has 2 aliphatic rings. The van der Waals surface area contributed by atoms with Crippen LogP contribution in [-0.4, -0.2) is 28.4 Å². The van der Waals surface area contributed by atoms with Crippen LogP contribution in [0.15, 0.2) is 36.5 Å². The molecular weight excluding hydrogens is 300 g/mol. The van der Waals surface area contributed by atoms with Crippen molar-refractivity contribution in [2.75, 3.05) is 6.54 Å². The van der Waals surface area contributed by atoms with E-state index >= 15 is 0 Å². The summed E-state index contributed by atoms with van der Waals surface area (Å²) in [5.41, 5.74) is 2.12. The van der Waals surface area contributed by atoms with Gasteiger partial charge in [-0.1, -0.05) is 11.6 Å². The first-order valence-corrected chi connectivity index (χ1v) is 7.99. The van der Waals surface area contributed by atoms with E-state index in [2.05, 4.69) is 4.98 Å². The lowest BCUT2D eigenvalue weighted by atomic mass is 10.1. The zero-order valence-corrected chi connectivity index (χ0v) is 12.8. The second-order valence-corrected chi connectivity index (χ2v) is 6.31. The van der Waals surface area contributed by atoms with Gasteiger partial charge in [-0.2, -0.15) is 0 Å². The number of fused-ring (bicyclic) bond motifs is 1. The molecule has 114 valence electrons. The van der Waals surface area contributed by atoms with Gasteiger partial charge in [0.25, 0.3) is 5.91 Å². The monoisotopic (exact) mass is 316 g/mol. The lowest BCUT2D eigenvalue weighted by molar-refractivity contribution is -0.139. The summed E-state index contributed by atoms with van der Waals surface area (Å²) in [5.74, 6) is 0.850. The molecule has 0 saturated carbocycles. The molecule has 4 nitrogen and oxygen atoms in total. The number of ether oxygens (including phenoxy) is 1. The van der Waals surface area contributed by atoms with Gasteiger partial charge in [0.15, 0.2) is 6.10 Å². The predicted octanol–water partition coefficient (Wildman–Crippen LogP) is 3.34. The third kappa shape index (κ3) is 2.28. The molecule has 2 aromatic rings. The van der Waals surface area contributed by atoms with Crippen LogP contribution in [-0.2, 0) is 11.2 Å². The van der Waals surface area contributed by atoms with Crippen molar-refractivity contribution >= 4 is 17.5 Å². The Balaban J connectivity index is 1.53. The van der Waals surface area contributed by atoms with Crippen LogP contribution < -0.4 is 4.74 Å². The lowest BCUT2D eigenvalue weighted by Gasteiger charge is -2.26. The first-order chi connectivity index (χ1) is 10.7. The van der Waals surface area contributed by atoms with Crippen molar-refractivity contribution in [3.63, 3.8) is 0 Å². The van der Waals surface area contributed by atoms with Gasteiger partial charge in [0.05, 0.1) is 6.04 Å². The van der Waals surface area contributed by atoms with Crippen LogP contribution in [0.4, 0.5) is 0 Å². The third-order valence-electron chi connectivity index (χ3n) is 4.49. The maximum atomic E-state index is 12.9. The SMILES string of the molecule is O=C(C1Cc2cc(Cl)ccc2O1)N1CCCC1c1ccc[nH]1. The van der Waals surface area contributed by atoms with E-state index in [1.807, 2.05) is 35.4 Å². The molecule has 2 aliphatic heterocycles. The second kappa shape index (κ2) is 5.36. The number of amides is 1. The maximum absolute atomic E-state index is 12.9. The van der Waals surface area contributed by atoms with Gasteiger partial charge in [-0.3, -0.25) is 4.79 Å². The Morgan fingerprint density at radius 3 is 3.09 bits per heavy atom. The van der Waals surface area contributed by atoms with Crippen LogP contribution in [0.1, 0.15) is 30.1 Å². The van der Waals surface area contributed by atoms with Gasteiger partial charge in [-0.05, 0) is 48.7 Å². The molecule has 1 saturated heterocycles. The minimum Gasteiger partial charge on any atom is -0.480 e. The highest BCUT2D eigenvalue weighted by Crippen LogP contribution is 2.35. The van der Waals surface area contributed by atoms with Crippen LogP contribution in [0.25, 0.3) is 0 Å². The van der Waals surface area contributed by atoms with Gasteiger partial charge in [0, 0.05) is 29.9 Å². The summed E-state index contributed by atoms with van der Waals surface area (Å²) in [6.45, 7) is 0.791. The number of nitrogens with zero attached hydrogens (tertiary/aromatic N) is 1. The molecule has 2 unspecified atom stereocenters. The number of carbonyl (C=O) groups excluding carboxylic acids is 1. The minimum absolute atomic E-state index is 0.0735. The van der Waals surface area contributed by atoms with Crippen molar-refractivity contribution < 1.29 is 9.53 Å². The van der Waals surface area contributed by atoms with Crippen LogP contribution in [0.5, 0.6) is 5.75 Å². The molecule has 22 heavy (non-hydrogen) atoms. The number of nitrogens with one attached hydrogen (secondary N) is 1. The molecule has 0 aliphatic carbocycles. The van der Waals surface area contributed by atoms with Crippen LogP contribution in [0, 0.1) is 0 Å².